The Kier molecular flexibility index (Phi) is 10.5. The van der Waals surface area contributed by atoms with Gasteiger partial charge in [0.1, 0.15) is 5.75 Å². The molecule has 25 heavy (non-hydrogen) atoms. The van der Waals surface area contributed by atoms with Crippen molar-refractivity contribution in [3.63, 3.8) is 0 Å². The summed E-state index contributed by atoms with van der Waals surface area (Å²) in [5.74, 6) is 0.854. The molecule has 0 spiro atoms. The minimum Gasteiger partial charge on any atom is -0.494 e. The van der Waals surface area contributed by atoms with Gasteiger partial charge in [0.25, 0.3) is 0 Å². The molecule has 0 amide bonds. The first-order valence-electron chi connectivity index (χ1n) is 8.36. The second kappa shape index (κ2) is 11.8. The van der Waals surface area contributed by atoms with Crippen molar-refractivity contribution in [2.75, 3.05) is 6.61 Å². The molecule has 2 aromatic rings. The van der Waals surface area contributed by atoms with Crippen LogP contribution in [0.5, 0.6) is 5.75 Å². The number of hydrogen-bond acceptors (Lipinski definition) is 2. The van der Waals surface area contributed by atoms with Crippen LogP contribution in [0.25, 0.3) is 0 Å². The molecule has 0 aliphatic carbocycles. The van der Waals surface area contributed by atoms with Gasteiger partial charge in [-0.05, 0) is 37.1 Å². The van der Waals surface area contributed by atoms with E-state index in [9.17, 15) is 4.79 Å². The van der Waals surface area contributed by atoms with Crippen molar-refractivity contribution in [3.05, 3.63) is 58.6 Å². The summed E-state index contributed by atoms with van der Waals surface area (Å²) in [6.45, 7) is 4.85. The third-order valence-electron chi connectivity index (χ3n) is 3.77. The van der Waals surface area contributed by atoms with Gasteiger partial charge in [-0.2, -0.15) is 5.30 Å². The fourth-order valence-electron chi connectivity index (χ4n) is 2.41. The number of aryl methyl sites for hydroxylation is 1. The summed E-state index contributed by atoms with van der Waals surface area (Å²) in [4.78, 5) is 12.5. The van der Waals surface area contributed by atoms with Crippen molar-refractivity contribution in [2.24, 2.45) is 0 Å². The number of benzene rings is 2. The van der Waals surface area contributed by atoms with Crippen LogP contribution in [0, 0.1) is 6.92 Å². The van der Waals surface area contributed by atoms with Crippen LogP contribution in [0.3, 0.4) is 0 Å². The van der Waals surface area contributed by atoms with E-state index in [-0.39, 0.29) is 24.4 Å². The zero-order valence-corrected chi connectivity index (χ0v) is 16.9. The molecule has 0 atom stereocenters. The van der Waals surface area contributed by atoms with E-state index in [0.717, 1.165) is 29.6 Å². The van der Waals surface area contributed by atoms with Gasteiger partial charge in [0.15, 0.2) is 0 Å². The van der Waals surface area contributed by atoms with Crippen LogP contribution in [0.2, 0.25) is 5.02 Å². The van der Waals surface area contributed by atoms with Crippen LogP contribution in [0.4, 0.5) is 0 Å². The molecule has 0 bridgehead atoms. The van der Waals surface area contributed by atoms with Gasteiger partial charge in [-0.1, -0.05) is 62.1 Å². The first kappa shape index (κ1) is 22.3. The molecule has 2 nitrogen and oxygen atoms in total. The van der Waals surface area contributed by atoms with E-state index in [1.165, 1.54) is 19.3 Å². The summed E-state index contributed by atoms with van der Waals surface area (Å²) in [6, 6.07) is 13.2. The van der Waals surface area contributed by atoms with Crippen LogP contribution < -0.4 is 28.9 Å². The first-order valence-corrected chi connectivity index (χ1v) is 9.63. The number of unbranched alkanes of at least 4 members (excludes halogenated alkanes) is 3. The molecule has 2 rings (SSSR count). The molecule has 0 heterocycles. The van der Waals surface area contributed by atoms with Crippen LogP contribution in [0.1, 0.15) is 48.5 Å². The number of rotatable bonds is 9. The molecule has 5 heteroatoms. The second-order valence-corrected chi connectivity index (χ2v) is 7.31. The molecule has 0 aliphatic rings. The quantitative estimate of drug-likeness (QED) is 0.386. The Morgan fingerprint density at radius 1 is 1.08 bits per heavy atom. The second-order valence-electron chi connectivity index (χ2n) is 5.75. The predicted molar refractivity (Wildman–Crippen MR) is 103 cm³/mol. The molecule has 0 aromatic heterocycles. The Morgan fingerprint density at radius 2 is 1.80 bits per heavy atom. The van der Waals surface area contributed by atoms with Crippen molar-refractivity contribution in [1.29, 1.82) is 0 Å². The third kappa shape index (κ3) is 7.16. The van der Waals surface area contributed by atoms with Crippen LogP contribution in [-0.4, -0.2) is 12.1 Å². The molecule has 0 saturated carbocycles. The monoisotopic (exact) mass is 368 g/mol. The smallest absolute Gasteiger partial charge is 0.494 e. The molecular formula is C20H23ClLiO2P. The molecule has 2 aromatic carbocycles. The third-order valence-corrected chi connectivity index (χ3v) is 5.07. The van der Waals surface area contributed by atoms with Crippen molar-refractivity contribution in [2.45, 2.75) is 39.5 Å². The number of carbonyl (C=O) groups is 1. The summed E-state index contributed by atoms with van der Waals surface area (Å²) < 4.78 is 5.73. The van der Waals surface area contributed by atoms with Crippen LogP contribution in [0.15, 0.2) is 42.5 Å². The molecule has 0 N–H and O–H groups in total. The largest absolute Gasteiger partial charge is 1.00 e. The minimum atomic E-state index is 0. The first-order chi connectivity index (χ1) is 11.6. The van der Waals surface area contributed by atoms with E-state index in [1.807, 2.05) is 43.3 Å². The molecule has 0 unspecified atom stereocenters. The predicted octanol–water partition coefficient (Wildman–Crippen LogP) is 3.02. The SMILES string of the molecule is CCCCCCOc1ccc([P-]C(=O)c2c(C)cccc2Cl)cc1.[Li+]. The Labute approximate surface area is 169 Å². The number of ether oxygens (including phenoxy) is 1. The van der Waals surface area contributed by atoms with Gasteiger partial charge in [-0.3, -0.25) is 0 Å². The summed E-state index contributed by atoms with van der Waals surface area (Å²) >= 11 is 6.16. The van der Waals surface area contributed by atoms with Gasteiger partial charge >= 0.3 is 18.9 Å². The van der Waals surface area contributed by atoms with Gasteiger partial charge < -0.3 is 18.1 Å². The van der Waals surface area contributed by atoms with Gasteiger partial charge in [0, 0.05) is 16.1 Å². The average Bonchev–Trinajstić information content (AvgIpc) is 2.56. The van der Waals surface area contributed by atoms with E-state index in [0.29, 0.717) is 19.2 Å². The summed E-state index contributed by atoms with van der Waals surface area (Å²) in [5, 5.41) is 1.46. The van der Waals surface area contributed by atoms with Crippen LogP contribution >= 0.6 is 20.2 Å². The maximum absolute atomic E-state index is 12.5. The van der Waals surface area contributed by atoms with E-state index < -0.39 is 0 Å². The zero-order chi connectivity index (χ0) is 17.4. The topological polar surface area (TPSA) is 26.3 Å². The maximum atomic E-state index is 12.5. The normalized spacial score (nSPS) is 10.7. The van der Waals surface area contributed by atoms with Gasteiger partial charge in [-0.25, -0.2) is 0 Å². The number of hydrogen-bond donors (Lipinski definition) is 0. The van der Waals surface area contributed by atoms with E-state index in [1.54, 1.807) is 6.07 Å². The summed E-state index contributed by atoms with van der Waals surface area (Å²) in [7, 11) is 0.629. The summed E-state index contributed by atoms with van der Waals surface area (Å²) in [5.41, 5.74) is 1.54. The fraction of sp³-hybridized carbons (Fsp3) is 0.350. The van der Waals surface area contributed by atoms with Crippen LogP contribution in [-0.2, 0) is 0 Å². The van der Waals surface area contributed by atoms with Crippen molar-refractivity contribution >= 4 is 31.0 Å². The minimum absolute atomic E-state index is 0. The van der Waals surface area contributed by atoms with Gasteiger partial charge in [0.05, 0.1) is 6.61 Å². The Balaban J connectivity index is 0.00000312. The average molecular weight is 369 g/mol. The van der Waals surface area contributed by atoms with Crippen molar-refractivity contribution in [1.82, 2.24) is 0 Å². The Morgan fingerprint density at radius 3 is 2.44 bits per heavy atom. The molecular weight excluding hydrogens is 346 g/mol. The molecule has 0 aliphatic heterocycles. The van der Waals surface area contributed by atoms with Crippen molar-refractivity contribution < 1.29 is 28.4 Å². The Bertz CT molecular complexity index is 654. The van der Waals surface area contributed by atoms with Gasteiger partial charge in [-0.15, -0.1) is 0 Å². The maximum Gasteiger partial charge on any atom is 1.00 e. The number of carbonyl (C=O) groups excluding carboxylic acids is 1. The standard InChI is InChI=1S/C20H23ClO2P.Li/c1-3-4-5-6-14-23-16-10-12-17(13-11-16)24-20(22)19-15(2)8-7-9-18(19)21;/h7-13H,3-6,14H2,1-2H3;/q-1;+1. The Hall–Kier alpha value is -0.773. The summed E-state index contributed by atoms with van der Waals surface area (Å²) in [6.07, 6.45) is 4.77. The molecule has 0 radical (unpaired) electrons. The fourth-order valence-corrected chi connectivity index (χ4v) is 3.73. The van der Waals surface area contributed by atoms with Gasteiger partial charge in [0.2, 0.25) is 0 Å². The van der Waals surface area contributed by atoms with E-state index >= 15 is 0 Å². The van der Waals surface area contributed by atoms with Crippen molar-refractivity contribution in [3.8, 4) is 5.75 Å². The van der Waals surface area contributed by atoms with E-state index in [2.05, 4.69) is 6.92 Å². The number of halogens is 1. The molecule has 128 valence electrons. The molecule has 0 saturated heterocycles. The van der Waals surface area contributed by atoms with E-state index in [4.69, 9.17) is 16.3 Å². The zero-order valence-electron chi connectivity index (χ0n) is 15.2. The molecule has 0 fully saturated rings.